The van der Waals surface area contributed by atoms with Crippen LogP contribution in [0.5, 0.6) is 0 Å². The van der Waals surface area contributed by atoms with Gasteiger partial charge < -0.3 is 4.90 Å². The molecule has 0 unspecified atom stereocenters. The second-order valence-electron chi connectivity index (χ2n) is 5.52. The Bertz CT molecular complexity index is 888. The maximum Gasteiger partial charge on any atom is 0.203 e. The number of anilines is 2. The Morgan fingerprint density at radius 1 is 1.12 bits per heavy atom. The Morgan fingerprint density at radius 2 is 1.88 bits per heavy atom. The van der Waals surface area contributed by atoms with Gasteiger partial charge >= 0.3 is 0 Å². The summed E-state index contributed by atoms with van der Waals surface area (Å²) in [5.41, 5.74) is 6.74. The van der Waals surface area contributed by atoms with E-state index in [4.69, 9.17) is 23.2 Å². The van der Waals surface area contributed by atoms with Gasteiger partial charge in [0.05, 0.1) is 16.9 Å². The highest BCUT2D eigenvalue weighted by atomic mass is 35.5. The molecule has 7 heteroatoms. The van der Waals surface area contributed by atoms with E-state index in [9.17, 15) is 0 Å². The van der Waals surface area contributed by atoms with Crippen molar-refractivity contribution in [2.75, 3.05) is 24.4 Å². The molecule has 3 rings (SSSR count). The van der Waals surface area contributed by atoms with Crippen LogP contribution in [0.1, 0.15) is 5.56 Å². The van der Waals surface area contributed by atoms with Crippen molar-refractivity contribution in [1.82, 2.24) is 4.98 Å². The summed E-state index contributed by atoms with van der Waals surface area (Å²) in [6, 6.07) is 13.5. The maximum atomic E-state index is 6.22. The Kier molecular flexibility index (Phi) is 5.58. The quantitative estimate of drug-likeness (QED) is 0.453. The number of aromatic nitrogens is 1. The summed E-state index contributed by atoms with van der Waals surface area (Å²) < 4.78 is 0. The van der Waals surface area contributed by atoms with Crippen LogP contribution in [0.15, 0.2) is 52.9 Å². The molecule has 3 aromatic rings. The molecule has 1 aromatic heterocycles. The molecular weight excluding hydrogens is 375 g/mol. The molecule has 0 amide bonds. The van der Waals surface area contributed by atoms with E-state index in [0.29, 0.717) is 15.2 Å². The van der Waals surface area contributed by atoms with Gasteiger partial charge in [0.25, 0.3) is 0 Å². The van der Waals surface area contributed by atoms with E-state index in [1.54, 1.807) is 18.3 Å². The average molecular weight is 391 g/mol. The van der Waals surface area contributed by atoms with Crippen LogP contribution < -0.4 is 10.3 Å². The van der Waals surface area contributed by atoms with Crippen LogP contribution in [0.2, 0.25) is 10.0 Å². The summed E-state index contributed by atoms with van der Waals surface area (Å²) in [4.78, 5) is 6.55. The third kappa shape index (κ3) is 4.51. The van der Waals surface area contributed by atoms with Crippen LogP contribution in [-0.4, -0.2) is 25.3 Å². The van der Waals surface area contributed by atoms with Crippen molar-refractivity contribution in [2.45, 2.75) is 0 Å². The first-order valence-corrected chi connectivity index (χ1v) is 9.14. The largest absolute Gasteiger partial charge is 0.378 e. The predicted octanol–water partition coefficient (Wildman–Crippen LogP) is 5.63. The second-order valence-corrected chi connectivity index (χ2v) is 7.22. The summed E-state index contributed by atoms with van der Waals surface area (Å²) in [6.07, 6.45) is 1.76. The monoisotopic (exact) mass is 390 g/mol. The van der Waals surface area contributed by atoms with Gasteiger partial charge in [-0.1, -0.05) is 35.3 Å². The molecule has 0 radical (unpaired) electrons. The second kappa shape index (κ2) is 7.87. The molecule has 1 N–H and O–H groups in total. The fraction of sp³-hybridized carbons (Fsp3) is 0.111. The number of hydrogen-bond donors (Lipinski definition) is 1. The summed E-state index contributed by atoms with van der Waals surface area (Å²) in [7, 11) is 4.02. The van der Waals surface area contributed by atoms with E-state index in [0.717, 1.165) is 22.5 Å². The van der Waals surface area contributed by atoms with Crippen LogP contribution in [0.4, 0.5) is 10.8 Å². The first-order chi connectivity index (χ1) is 12.0. The van der Waals surface area contributed by atoms with E-state index in [1.807, 2.05) is 49.8 Å². The smallest absolute Gasteiger partial charge is 0.203 e. The molecule has 128 valence electrons. The zero-order valence-electron chi connectivity index (χ0n) is 13.7. The van der Waals surface area contributed by atoms with Gasteiger partial charge in [0.2, 0.25) is 5.13 Å². The summed E-state index contributed by atoms with van der Waals surface area (Å²) in [6.45, 7) is 0. The van der Waals surface area contributed by atoms with Crippen LogP contribution in [0.25, 0.3) is 11.3 Å². The molecule has 4 nitrogen and oxygen atoms in total. The van der Waals surface area contributed by atoms with E-state index in [-0.39, 0.29) is 0 Å². The molecule has 0 fully saturated rings. The standard InChI is InChI=1S/C18H16Cl2N4S/c1-24(2)14-6-3-12(4-7-14)10-21-23-18-22-17(11-25-18)15-8-5-13(19)9-16(15)20/h3-11H,1-2H3,(H,22,23)/b21-10-. The van der Waals surface area contributed by atoms with E-state index >= 15 is 0 Å². The SMILES string of the molecule is CN(C)c1ccc(/C=N\Nc2nc(-c3ccc(Cl)cc3Cl)cs2)cc1. The molecule has 0 saturated heterocycles. The van der Waals surface area contributed by atoms with Gasteiger partial charge in [-0.2, -0.15) is 5.10 Å². The zero-order chi connectivity index (χ0) is 17.8. The lowest BCUT2D eigenvalue weighted by Crippen LogP contribution is -2.08. The highest BCUT2D eigenvalue weighted by molar-refractivity contribution is 7.14. The first-order valence-electron chi connectivity index (χ1n) is 7.50. The minimum atomic E-state index is 0.578. The Hall–Kier alpha value is -2.08. The molecule has 0 aliphatic rings. The number of hydrazone groups is 1. The lowest BCUT2D eigenvalue weighted by atomic mass is 10.2. The normalized spacial score (nSPS) is 11.0. The molecule has 0 atom stereocenters. The van der Waals surface area contributed by atoms with Gasteiger partial charge in [-0.25, -0.2) is 4.98 Å². The van der Waals surface area contributed by atoms with Gasteiger partial charge in [0.15, 0.2) is 0 Å². The van der Waals surface area contributed by atoms with E-state index < -0.39 is 0 Å². The minimum Gasteiger partial charge on any atom is -0.378 e. The minimum absolute atomic E-state index is 0.578. The first kappa shape index (κ1) is 17.7. The number of rotatable bonds is 5. The highest BCUT2D eigenvalue weighted by Gasteiger charge is 2.08. The van der Waals surface area contributed by atoms with Crippen molar-refractivity contribution in [2.24, 2.45) is 5.10 Å². The van der Waals surface area contributed by atoms with Crippen molar-refractivity contribution < 1.29 is 0 Å². The van der Waals surface area contributed by atoms with Crippen molar-refractivity contribution >= 4 is 51.6 Å². The van der Waals surface area contributed by atoms with Crippen molar-refractivity contribution in [3.8, 4) is 11.3 Å². The molecule has 25 heavy (non-hydrogen) atoms. The molecule has 0 saturated carbocycles. The fourth-order valence-corrected chi connectivity index (χ4v) is 3.33. The Balaban J connectivity index is 1.67. The van der Waals surface area contributed by atoms with Gasteiger partial charge in [-0.3, -0.25) is 5.43 Å². The number of hydrogen-bond acceptors (Lipinski definition) is 5. The number of nitrogens with zero attached hydrogens (tertiary/aromatic N) is 3. The van der Waals surface area contributed by atoms with Crippen molar-refractivity contribution in [1.29, 1.82) is 0 Å². The van der Waals surface area contributed by atoms with Crippen LogP contribution in [-0.2, 0) is 0 Å². The molecule has 2 aromatic carbocycles. The number of benzene rings is 2. The number of halogens is 2. The third-order valence-electron chi connectivity index (χ3n) is 3.49. The summed E-state index contributed by atoms with van der Waals surface area (Å²) >= 11 is 13.6. The predicted molar refractivity (Wildman–Crippen MR) is 110 cm³/mol. The van der Waals surface area contributed by atoms with Gasteiger partial charge in [-0.05, 0) is 35.9 Å². The number of nitrogens with one attached hydrogen (secondary N) is 1. The molecular formula is C18H16Cl2N4S. The fourth-order valence-electron chi connectivity index (χ4n) is 2.17. The average Bonchev–Trinajstić information content (AvgIpc) is 3.04. The van der Waals surface area contributed by atoms with Gasteiger partial charge in [-0.15, -0.1) is 11.3 Å². The summed E-state index contributed by atoms with van der Waals surface area (Å²) in [5.74, 6) is 0. The molecule has 0 aliphatic heterocycles. The Labute approximate surface area is 160 Å². The molecule has 0 spiro atoms. The topological polar surface area (TPSA) is 40.5 Å². The van der Waals surface area contributed by atoms with Crippen molar-refractivity contribution in [3.63, 3.8) is 0 Å². The maximum absolute atomic E-state index is 6.22. The third-order valence-corrected chi connectivity index (χ3v) is 4.79. The van der Waals surface area contributed by atoms with Crippen LogP contribution in [0.3, 0.4) is 0 Å². The van der Waals surface area contributed by atoms with E-state index in [2.05, 4.69) is 20.4 Å². The molecule has 0 aliphatic carbocycles. The number of thiazole rings is 1. The summed E-state index contributed by atoms with van der Waals surface area (Å²) in [5, 5.41) is 8.04. The lowest BCUT2D eigenvalue weighted by Gasteiger charge is -2.11. The van der Waals surface area contributed by atoms with E-state index in [1.165, 1.54) is 11.3 Å². The molecule has 1 heterocycles. The highest BCUT2D eigenvalue weighted by Crippen LogP contribution is 2.32. The van der Waals surface area contributed by atoms with Crippen LogP contribution >= 0.6 is 34.5 Å². The van der Waals surface area contributed by atoms with Crippen molar-refractivity contribution in [3.05, 3.63) is 63.5 Å². The molecule has 0 bridgehead atoms. The van der Waals surface area contributed by atoms with Gasteiger partial charge in [0.1, 0.15) is 0 Å². The van der Waals surface area contributed by atoms with Crippen LogP contribution in [0, 0.1) is 0 Å². The van der Waals surface area contributed by atoms with Gasteiger partial charge in [0, 0.05) is 35.7 Å². The lowest BCUT2D eigenvalue weighted by molar-refractivity contribution is 1.13. The zero-order valence-corrected chi connectivity index (χ0v) is 16.0. The Morgan fingerprint density at radius 3 is 2.56 bits per heavy atom.